The number of ether oxygens (including phenoxy) is 3. The molecule has 0 aliphatic carbocycles. The standard InChI is InChI=1S/C21H23NO5S/c1-14-3-7-16(8-4-14)18(27-13-25-2)12-26-17-9-5-15(6-10-17)11-19-20(23)22-21(24)28-19/h3-10,18,23H,11-13H2,1-2H3,(H,22,24). The predicted octanol–water partition coefficient (Wildman–Crippen LogP) is 3.78. The molecule has 0 aliphatic heterocycles. The van der Waals surface area contributed by atoms with Crippen LogP contribution in [-0.2, 0) is 15.9 Å². The van der Waals surface area contributed by atoms with Gasteiger partial charge in [0, 0.05) is 13.5 Å². The van der Waals surface area contributed by atoms with E-state index in [2.05, 4.69) is 4.98 Å². The maximum Gasteiger partial charge on any atom is 0.307 e. The molecule has 2 N–H and O–H groups in total. The molecule has 0 fully saturated rings. The van der Waals surface area contributed by atoms with Crippen LogP contribution in [0.5, 0.6) is 11.6 Å². The molecule has 6 nitrogen and oxygen atoms in total. The molecule has 1 aromatic heterocycles. The molecule has 0 aliphatic rings. The fourth-order valence-corrected chi connectivity index (χ4v) is 3.46. The third-order valence-corrected chi connectivity index (χ3v) is 5.10. The molecule has 28 heavy (non-hydrogen) atoms. The maximum atomic E-state index is 11.3. The highest BCUT2D eigenvalue weighted by molar-refractivity contribution is 7.09. The smallest absolute Gasteiger partial charge is 0.307 e. The van der Waals surface area contributed by atoms with Crippen molar-refractivity contribution in [3.05, 3.63) is 79.8 Å². The van der Waals surface area contributed by atoms with Crippen molar-refractivity contribution in [2.75, 3.05) is 20.5 Å². The Morgan fingerprint density at radius 2 is 1.82 bits per heavy atom. The molecule has 1 atom stereocenters. The van der Waals surface area contributed by atoms with Gasteiger partial charge in [-0.1, -0.05) is 53.3 Å². The lowest BCUT2D eigenvalue weighted by atomic mass is 10.1. The number of H-pyrrole nitrogens is 1. The predicted molar refractivity (Wildman–Crippen MR) is 108 cm³/mol. The minimum Gasteiger partial charge on any atom is -0.494 e. The minimum absolute atomic E-state index is 0.0634. The largest absolute Gasteiger partial charge is 0.494 e. The SMILES string of the molecule is COCOC(COc1ccc(Cc2sc(=O)[nH]c2O)cc1)c1ccc(C)cc1. The van der Waals surface area contributed by atoms with Gasteiger partial charge in [0.05, 0.1) is 4.88 Å². The van der Waals surface area contributed by atoms with E-state index in [9.17, 15) is 9.90 Å². The molecule has 3 rings (SSSR count). The quantitative estimate of drug-likeness (QED) is 0.533. The number of aromatic nitrogens is 1. The summed E-state index contributed by atoms with van der Waals surface area (Å²) in [6, 6.07) is 15.7. The zero-order valence-electron chi connectivity index (χ0n) is 15.8. The topological polar surface area (TPSA) is 80.8 Å². The number of aryl methyl sites for hydroxylation is 1. The Balaban J connectivity index is 1.62. The average molecular weight is 401 g/mol. The number of hydrogen-bond donors (Lipinski definition) is 2. The van der Waals surface area contributed by atoms with E-state index in [0.29, 0.717) is 23.7 Å². The summed E-state index contributed by atoms with van der Waals surface area (Å²) in [5, 5.41) is 9.69. The first kappa shape index (κ1) is 20.1. The van der Waals surface area contributed by atoms with Crippen LogP contribution in [0, 0.1) is 6.92 Å². The molecule has 0 saturated carbocycles. The minimum atomic E-state index is -0.259. The van der Waals surface area contributed by atoms with Crippen LogP contribution >= 0.6 is 11.3 Å². The van der Waals surface area contributed by atoms with Crippen molar-refractivity contribution in [1.29, 1.82) is 0 Å². The second kappa shape index (κ2) is 9.54. The van der Waals surface area contributed by atoms with Crippen LogP contribution < -0.4 is 9.61 Å². The van der Waals surface area contributed by atoms with Gasteiger partial charge in [-0.05, 0) is 30.2 Å². The highest BCUT2D eigenvalue weighted by atomic mass is 32.1. The Morgan fingerprint density at radius 1 is 1.11 bits per heavy atom. The van der Waals surface area contributed by atoms with Gasteiger partial charge < -0.3 is 19.3 Å². The summed E-state index contributed by atoms with van der Waals surface area (Å²) in [5.74, 6) is 0.653. The van der Waals surface area contributed by atoms with Crippen LogP contribution in [0.1, 0.15) is 27.7 Å². The Labute approximate surface area is 167 Å². The summed E-state index contributed by atoms with van der Waals surface area (Å²) in [5.41, 5.74) is 3.19. The first-order valence-electron chi connectivity index (χ1n) is 8.85. The third-order valence-electron chi connectivity index (χ3n) is 4.23. The normalized spacial score (nSPS) is 12.1. The molecule has 1 heterocycles. The molecule has 0 amide bonds. The second-order valence-electron chi connectivity index (χ2n) is 6.39. The van der Waals surface area contributed by atoms with Gasteiger partial charge in [-0.25, -0.2) is 0 Å². The van der Waals surface area contributed by atoms with E-state index < -0.39 is 0 Å². The van der Waals surface area contributed by atoms with Gasteiger partial charge in [0.2, 0.25) is 5.88 Å². The number of thiazole rings is 1. The van der Waals surface area contributed by atoms with Gasteiger partial charge in [0.1, 0.15) is 25.3 Å². The Morgan fingerprint density at radius 3 is 2.43 bits per heavy atom. The Hall–Kier alpha value is -2.61. The molecule has 2 aromatic carbocycles. The first-order chi connectivity index (χ1) is 13.5. The lowest BCUT2D eigenvalue weighted by molar-refractivity contribution is -0.0856. The highest BCUT2D eigenvalue weighted by Crippen LogP contribution is 2.23. The number of benzene rings is 2. The summed E-state index contributed by atoms with van der Waals surface area (Å²) >= 11 is 1.01. The Bertz CT molecular complexity index is 931. The fourth-order valence-electron chi connectivity index (χ4n) is 2.70. The molecular weight excluding hydrogens is 378 g/mol. The van der Waals surface area contributed by atoms with Crippen LogP contribution in [0.25, 0.3) is 0 Å². The monoisotopic (exact) mass is 401 g/mol. The van der Waals surface area contributed by atoms with Crippen molar-refractivity contribution >= 4 is 11.3 Å². The molecule has 1 unspecified atom stereocenters. The lowest BCUT2D eigenvalue weighted by Crippen LogP contribution is -2.15. The van der Waals surface area contributed by atoms with E-state index in [1.165, 1.54) is 5.56 Å². The summed E-state index contributed by atoms with van der Waals surface area (Å²) in [6.45, 7) is 2.58. The number of nitrogens with one attached hydrogen (secondary N) is 1. The lowest BCUT2D eigenvalue weighted by Gasteiger charge is -2.19. The molecule has 0 radical (unpaired) electrons. The molecule has 3 aromatic rings. The van der Waals surface area contributed by atoms with Crippen LogP contribution in [0.2, 0.25) is 0 Å². The summed E-state index contributed by atoms with van der Waals surface area (Å²) < 4.78 is 16.7. The van der Waals surface area contributed by atoms with Crippen molar-refractivity contribution < 1.29 is 19.3 Å². The average Bonchev–Trinajstić information content (AvgIpc) is 3.01. The summed E-state index contributed by atoms with van der Waals surface area (Å²) in [4.78, 5) is 14.0. The van der Waals surface area contributed by atoms with Gasteiger partial charge >= 0.3 is 4.87 Å². The number of aromatic hydroxyl groups is 1. The van der Waals surface area contributed by atoms with Gasteiger partial charge in [0.15, 0.2) is 0 Å². The maximum absolute atomic E-state index is 11.3. The van der Waals surface area contributed by atoms with Crippen molar-refractivity contribution in [2.24, 2.45) is 0 Å². The van der Waals surface area contributed by atoms with Gasteiger partial charge in [-0.15, -0.1) is 0 Å². The zero-order chi connectivity index (χ0) is 19.9. The molecule has 0 bridgehead atoms. The zero-order valence-corrected chi connectivity index (χ0v) is 16.6. The van der Waals surface area contributed by atoms with Gasteiger partial charge in [-0.3, -0.25) is 9.78 Å². The van der Waals surface area contributed by atoms with Gasteiger partial charge in [-0.2, -0.15) is 0 Å². The molecular formula is C21H23NO5S. The summed E-state index contributed by atoms with van der Waals surface area (Å²) in [7, 11) is 1.59. The molecule has 7 heteroatoms. The van der Waals surface area contributed by atoms with E-state index in [0.717, 1.165) is 22.5 Å². The number of methoxy groups -OCH3 is 1. The van der Waals surface area contributed by atoms with Crippen LogP contribution in [0.4, 0.5) is 0 Å². The number of aromatic amines is 1. The van der Waals surface area contributed by atoms with Crippen LogP contribution in [0.15, 0.2) is 53.3 Å². The number of rotatable bonds is 9. The second-order valence-corrected chi connectivity index (χ2v) is 7.46. The molecule has 0 saturated heterocycles. The molecule has 148 valence electrons. The van der Waals surface area contributed by atoms with Crippen molar-refractivity contribution in [3.8, 4) is 11.6 Å². The first-order valence-corrected chi connectivity index (χ1v) is 9.66. The van der Waals surface area contributed by atoms with E-state index in [4.69, 9.17) is 14.2 Å². The number of hydrogen-bond acceptors (Lipinski definition) is 6. The van der Waals surface area contributed by atoms with Crippen molar-refractivity contribution in [1.82, 2.24) is 4.98 Å². The third kappa shape index (κ3) is 5.45. The van der Waals surface area contributed by atoms with E-state index in [1.54, 1.807) is 7.11 Å². The fraction of sp³-hybridized carbons (Fsp3) is 0.286. The van der Waals surface area contributed by atoms with E-state index in [-0.39, 0.29) is 23.6 Å². The van der Waals surface area contributed by atoms with E-state index >= 15 is 0 Å². The van der Waals surface area contributed by atoms with Crippen molar-refractivity contribution in [2.45, 2.75) is 19.4 Å². The van der Waals surface area contributed by atoms with Crippen molar-refractivity contribution in [3.63, 3.8) is 0 Å². The Kier molecular flexibility index (Phi) is 6.86. The van der Waals surface area contributed by atoms with Gasteiger partial charge in [0.25, 0.3) is 0 Å². The van der Waals surface area contributed by atoms with E-state index in [1.807, 2.05) is 55.5 Å². The van der Waals surface area contributed by atoms with Crippen LogP contribution in [0.3, 0.4) is 0 Å². The molecule has 0 spiro atoms. The highest BCUT2D eigenvalue weighted by Gasteiger charge is 2.14. The summed E-state index contributed by atoms with van der Waals surface area (Å²) in [6.07, 6.45) is 0.243. The van der Waals surface area contributed by atoms with Crippen LogP contribution in [-0.4, -0.2) is 30.6 Å².